The van der Waals surface area contributed by atoms with E-state index in [2.05, 4.69) is 0 Å². The van der Waals surface area contributed by atoms with E-state index < -0.39 is 16.8 Å². The van der Waals surface area contributed by atoms with Gasteiger partial charge in [-0.05, 0) is 19.1 Å². The lowest BCUT2D eigenvalue weighted by molar-refractivity contribution is -0.168. The Morgan fingerprint density at radius 3 is 2.62 bits per heavy atom. The lowest BCUT2D eigenvalue weighted by atomic mass is 9.54. The lowest BCUT2D eigenvalue weighted by Gasteiger charge is -2.58. The van der Waals surface area contributed by atoms with Crippen LogP contribution in [-0.2, 0) is 9.53 Å². The van der Waals surface area contributed by atoms with Gasteiger partial charge in [-0.3, -0.25) is 4.79 Å². The third kappa shape index (κ3) is 2.34. The number of likely N-dealkylation sites (N-methyl/N-ethyl adjacent to an activating group) is 1. The molecule has 116 valence electrons. The van der Waals surface area contributed by atoms with Crippen molar-refractivity contribution in [2.75, 3.05) is 18.6 Å². The zero-order valence-corrected chi connectivity index (χ0v) is 13.0. The number of hydrogen-bond acceptors (Lipinski definition) is 3. The molecular weight excluding hydrogens is 271 g/mol. The summed E-state index contributed by atoms with van der Waals surface area (Å²) in [4.78, 5) is 14.0. The molecule has 2 atom stereocenters. The minimum absolute atomic E-state index is 0.0505. The molecule has 0 heterocycles. The van der Waals surface area contributed by atoms with E-state index in [4.69, 9.17) is 10.5 Å². The molecule has 0 aliphatic heterocycles. The third-order valence-electron chi connectivity index (χ3n) is 4.73. The Labute approximate surface area is 125 Å². The lowest BCUT2D eigenvalue weighted by Crippen LogP contribution is -2.76. The molecule has 1 amide bonds. The van der Waals surface area contributed by atoms with E-state index >= 15 is 0 Å². The molecule has 2 unspecified atom stereocenters. The maximum atomic E-state index is 13.8. The van der Waals surface area contributed by atoms with E-state index in [0.717, 1.165) is 0 Å². The molecule has 4 nitrogen and oxygen atoms in total. The van der Waals surface area contributed by atoms with Crippen LogP contribution in [0.3, 0.4) is 0 Å². The fraction of sp³-hybridized carbons (Fsp3) is 0.562. The topological polar surface area (TPSA) is 55.6 Å². The van der Waals surface area contributed by atoms with Gasteiger partial charge in [-0.25, -0.2) is 4.39 Å². The van der Waals surface area contributed by atoms with Crippen LogP contribution in [0.2, 0.25) is 0 Å². The maximum Gasteiger partial charge on any atom is 0.247 e. The van der Waals surface area contributed by atoms with Crippen LogP contribution >= 0.6 is 0 Å². The largest absolute Gasteiger partial charge is 0.378 e. The highest BCUT2D eigenvalue weighted by Crippen LogP contribution is 2.50. The Balaban J connectivity index is 2.23. The van der Waals surface area contributed by atoms with Gasteiger partial charge in [0.2, 0.25) is 5.91 Å². The number of carbonyl (C=O) groups excluding carboxylic acids is 1. The molecule has 0 saturated heterocycles. The van der Waals surface area contributed by atoms with E-state index in [-0.39, 0.29) is 17.7 Å². The van der Waals surface area contributed by atoms with Gasteiger partial charge in [0.05, 0.1) is 11.8 Å². The molecule has 5 heteroatoms. The Morgan fingerprint density at radius 1 is 1.48 bits per heavy atom. The van der Waals surface area contributed by atoms with Crippen molar-refractivity contribution < 1.29 is 13.9 Å². The fourth-order valence-corrected chi connectivity index (χ4v) is 2.93. The SMILES string of the molecule is CCOC1CC(N)(C(=O)N(C)c2ccccc2F)C1(C)C. The van der Waals surface area contributed by atoms with Gasteiger partial charge in [0.15, 0.2) is 0 Å². The minimum Gasteiger partial charge on any atom is -0.378 e. The monoisotopic (exact) mass is 294 g/mol. The van der Waals surface area contributed by atoms with Crippen LogP contribution in [0.1, 0.15) is 27.2 Å². The summed E-state index contributed by atoms with van der Waals surface area (Å²) in [5, 5.41) is 0. The van der Waals surface area contributed by atoms with Crippen LogP contribution < -0.4 is 10.6 Å². The van der Waals surface area contributed by atoms with Gasteiger partial charge < -0.3 is 15.4 Å². The second-order valence-electron chi connectivity index (χ2n) is 6.16. The molecule has 1 aliphatic carbocycles. The van der Waals surface area contributed by atoms with Gasteiger partial charge in [-0.15, -0.1) is 0 Å². The van der Waals surface area contributed by atoms with Gasteiger partial charge >= 0.3 is 0 Å². The standard InChI is InChI=1S/C16H23FN2O2/c1-5-21-13-10-16(18,15(13,2)3)14(20)19(4)12-9-7-6-8-11(12)17/h6-9,13H,5,10,18H2,1-4H3. The summed E-state index contributed by atoms with van der Waals surface area (Å²) in [5.41, 5.74) is 5.05. The molecule has 1 fully saturated rings. The van der Waals surface area contributed by atoms with E-state index in [9.17, 15) is 9.18 Å². The van der Waals surface area contributed by atoms with Crippen LogP contribution in [0.15, 0.2) is 24.3 Å². The molecule has 0 radical (unpaired) electrons. The zero-order valence-electron chi connectivity index (χ0n) is 13.0. The Hall–Kier alpha value is -1.46. The van der Waals surface area contributed by atoms with Crippen LogP contribution in [0.4, 0.5) is 10.1 Å². The van der Waals surface area contributed by atoms with Crippen molar-refractivity contribution in [1.29, 1.82) is 0 Å². The summed E-state index contributed by atoms with van der Waals surface area (Å²) < 4.78 is 19.5. The molecule has 0 spiro atoms. The van der Waals surface area contributed by atoms with Crippen molar-refractivity contribution in [3.05, 3.63) is 30.1 Å². The number of carbonyl (C=O) groups is 1. The first-order valence-corrected chi connectivity index (χ1v) is 7.19. The number of hydrogen-bond donors (Lipinski definition) is 1. The van der Waals surface area contributed by atoms with Crippen LogP contribution in [0.25, 0.3) is 0 Å². The predicted molar refractivity (Wildman–Crippen MR) is 80.5 cm³/mol. The highest BCUT2D eigenvalue weighted by Gasteiger charge is 2.63. The van der Waals surface area contributed by atoms with Crippen molar-refractivity contribution in [1.82, 2.24) is 0 Å². The highest BCUT2D eigenvalue weighted by molar-refractivity contribution is 6.01. The molecule has 2 rings (SSSR count). The molecule has 1 saturated carbocycles. The molecular formula is C16H23FN2O2. The first kappa shape index (κ1) is 15.9. The quantitative estimate of drug-likeness (QED) is 0.927. The molecule has 2 N–H and O–H groups in total. The number of amides is 1. The highest BCUT2D eigenvalue weighted by atomic mass is 19.1. The summed E-state index contributed by atoms with van der Waals surface area (Å²) in [6.07, 6.45) is 0.399. The van der Waals surface area contributed by atoms with Gasteiger partial charge in [-0.1, -0.05) is 26.0 Å². The van der Waals surface area contributed by atoms with Crippen molar-refractivity contribution in [3.8, 4) is 0 Å². The van der Waals surface area contributed by atoms with E-state index in [1.165, 1.54) is 11.0 Å². The average molecular weight is 294 g/mol. The second-order valence-corrected chi connectivity index (χ2v) is 6.16. The number of halogens is 1. The zero-order chi connectivity index (χ0) is 15.8. The van der Waals surface area contributed by atoms with E-state index in [1.807, 2.05) is 20.8 Å². The molecule has 21 heavy (non-hydrogen) atoms. The van der Waals surface area contributed by atoms with E-state index in [1.54, 1.807) is 25.2 Å². The summed E-state index contributed by atoms with van der Waals surface area (Å²) in [6.45, 7) is 6.34. The fourth-order valence-electron chi connectivity index (χ4n) is 2.93. The van der Waals surface area contributed by atoms with Gasteiger partial charge in [-0.2, -0.15) is 0 Å². The summed E-state index contributed by atoms with van der Waals surface area (Å²) in [7, 11) is 1.56. The number of benzene rings is 1. The molecule has 1 aromatic carbocycles. The third-order valence-corrected chi connectivity index (χ3v) is 4.73. The minimum atomic E-state index is -1.04. The first-order valence-electron chi connectivity index (χ1n) is 7.19. The van der Waals surface area contributed by atoms with Gasteiger partial charge in [0, 0.05) is 25.5 Å². The Bertz CT molecular complexity index is 547. The molecule has 0 bridgehead atoms. The van der Waals surface area contributed by atoms with Crippen molar-refractivity contribution in [3.63, 3.8) is 0 Å². The normalized spacial score (nSPS) is 27.0. The number of nitrogens with two attached hydrogens (primary N) is 1. The predicted octanol–water partition coefficient (Wildman–Crippen LogP) is 2.32. The first-order chi connectivity index (χ1) is 9.75. The molecule has 1 aliphatic rings. The number of ether oxygens (including phenoxy) is 1. The van der Waals surface area contributed by atoms with Gasteiger partial charge in [0.1, 0.15) is 11.4 Å². The van der Waals surface area contributed by atoms with Crippen LogP contribution in [0, 0.1) is 11.2 Å². The van der Waals surface area contributed by atoms with Crippen molar-refractivity contribution >= 4 is 11.6 Å². The smallest absolute Gasteiger partial charge is 0.247 e. The Kier molecular flexibility index (Phi) is 4.08. The van der Waals surface area contributed by atoms with Crippen LogP contribution in [-0.4, -0.2) is 31.2 Å². The maximum absolute atomic E-state index is 13.8. The second kappa shape index (κ2) is 5.39. The molecule has 0 aromatic heterocycles. The number of rotatable bonds is 4. The van der Waals surface area contributed by atoms with Crippen molar-refractivity contribution in [2.24, 2.45) is 11.1 Å². The van der Waals surface area contributed by atoms with Crippen molar-refractivity contribution in [2.45, 2.75) is 38.8 Å². The van der Waals surface area contributed by atoms with Gasteiger partial charge in [0.25, 0.3) is 0 Å². The summed E-state index contributed by atoms with van der Waals surface area (Å²) in [6, 6.07) is 6.19. The summed E-state index contributed by atoms with van der Waals surface area (Å²) in [5.74, 6) is -0.719. The number of para-hydroxylation sites is 1. The van der Waals surface area contributed by atoms with Crippen LogP contribution in [0.5, 0.6) is 0 Å². The summed E-state index contributed by atoms with van der Waals surface area (Å²) >= 11 is 0. The number of nitrogens with zero attached hydrogens (tertiary/aromatic N) is 1. The van der Waals surface area contributed by atoms with E-state index in [0.29, 0.717) is 13.0 Å². The average Bonchev–Trinajstić information content (AvgIpc) is 2.45. The Morgan fingerprint density at radius 2 is 2.10 bits per heavy atom. The number of anilines is 1. The molecule has 1 aromatic rings.